The van der Waals surface area contributed by atoms with Gasteiger partial charge in [0.05, 0.1) is 0 Å². The first-order chi connectivity index (χ1) is 11.7. The van der Waals surface area contributed by atoms with Crippen LogP contribution in [0.5, 0.6) is 0 Å². The number of rotatable bonds is 5. The Balaban J connectivity index is 1.39. The zero-order chi connectivity index (χ0) is 16.8. The van der Waals surface area contributed by atoms with Crippen LogP contribution in [-0.2, 0) is 4.79 Å². The summed E-state index contributed by atoms with van der Waals surface area (Å²) in [5.74, 6) is 3.39. The summed E-state index contributed by atoms with van der Waals surface area (Å²) in [4.78, 5) is 12.1. The molecule has 3 nitrogen and oxygen atoms in total. The molecule has 3 rings (SSSR count). The second-order valence-corrected chi connectivity index (χ2v) is 8.65. The average molecular weight is 333 g/mol. The molecule has 0 saturated heterocycles. The summed E-state index contributed by atoms with van der Waals surface area (Å²) in [6.45, 7) is 2.12. The fourth-order valence-electron chi connectivity index (χ4n) is 5.36. The van der Waals surface area contributed by atoms with Crippen LogP contribution in [0.15, 0.2) is 5.10 Å². The first-order valence-corrected chi connectivity index (χ1v) is 10.6. The van der Waals surface area contributed by atoms with Crippen molar-refractivity contribution in [3.05, 3.63) is 0 Å². The van der Waals surface area contributed by atoms with E-state index in [9.17, 15) is 4.79 Å². The minimum absolute atomic E-state index is 0.117. The van der Waals surface area contributed by atoms with Crippen molar-refractivity contribution >= 4 is 11.6 Å². The van der Waals surface area contributed by atoms with E-state index in [0.29, 0.717) is 12.3 Å². The van der Waals surface area contributed by atoms with Gasteiger partial charge < -0.3 is 0 Å². The summed E-state index contributed by atoms with van der Waals surface area (Å²) in [7, 11) is 0. The van der Waals surface area contributed by atoms with E-state index in [0.717, 1.165) is 29.9 Å². The highest BCUT2D eigenvalue weighted by molar-refractivity contribution is 5.86. The van der Waals surface area contributed by atoms with Crippen LogP contribution in [0.2, 0.25) is 0 Å². The number of hydrogen-bond acceptors (Lipinski definition) is 2. The average Bonchev–Trinajstić information content (AvgIpc) is 2.65. The van der Waals surface area contributed by atoms with Gasteiger partial charge in [0, 0.05) is 12.1 Å². The molecule has 3 unspecified atom stereocenters. The quantitative estimate of drug-likeness (QED) is 0.528. The van der Waals surface area contributed by atoms with Gasteiger partial charge in [-0.15, -0.1) is 0 Å². The Hall–Kier alpha value is -0.860. The fourth-order valence-corrected chi connectivity index (χ4v) is 5.36. The lowest BCUT2D eigenvalue weighted by atomic mass is 9.67. The Bertz CT molecular complexity index is 439. The van der Waals surface area contributed by atoms with E-state index in [1.54, 1.807) is 0 Å². The Kier molecular flexibility index (Phi) is 6.74. The van der Waals surface area contributed by atoms with Gasteiger partial charge in [-0.1, -0.05) is 57.8 Å². The SMILES string of the molecule is C/C(=N\NC(=O)CCC1CCCCC1)C1CCC2CCCCC2C1. The predicted octanol–water partition coefficient (Wildman–Crippen LogP) is 5.45. The Labute approximate surface area is 148 Å². The molecule has 1 N–H and O–H groups in total. The molecule has 3 saturated carbocycles. The molecule has 3 atom stereocenters. The molecule has 3 heteroatoms. The van der Waals surface area contributed by atoms with Gasteiger partial charge in [0.25, 0.3) is 0 Å². The van der Waals surface area contributed by atoms with Gasteiger partial charge >= 0.3 is 0 Å². The molecule has 0 aromatic carbocycles. The molecule has 0 aromatic rings. The highest BCUT2D eigenvalue weighted by Crippen LogP contribution is 2.42. The van der Waals surface area contributed by atoms with Crippen LogP contribution in [0, 0.1) is 23.7 Å². The van der Waals surface area contributed by atoms with Crippen LogP contribution in [0.1, 0.15) is 96.8 Å². The molecule has 3 aliphatic carbocycles. The summed E-state index contributed by atoms with van der Waals surface area (Å²) >= 11 is 0. The maximum absolute atomic E-state index is 12.1. The molecule has 0 radical (unpaired) electrons. The first kappa shape index (κ1) is 17.9. The van der Waals surface area contributed by atoms with Crippen molar-refractivity contribution < 1.29 is 4.79 Å². The highest BCUT2D eigenvalue weighted by atomic mass is 16.2. The molecule has 3 fully saturated rings. The van der Waals surface area contributed by atoms with Crippen LogP contribution in [0.3, 0.4) is 0 Å². The molecular formula is C21H36N2O. The van der Waals surface area contributed by atoms with E-state index in [4.69, 9.17) is 0 Å². The van der Waals surface area contributed by atoms with Gasteiger partial charge in [0.2, 0.25) is 5.91 Å². The van der Waals surface area contributed by atoms with E-state index in [2.05, 4.69) is 17.5 Å². The van der Waals surface area contributed by atoms with Crippen molar-refractivity contribution in [1.82, 2.24) is 5.43 Å². The van der Waals surface area contributed by atoms with Gasteiger partial charge in [-0.3, -0.25) is 4.79 Å². The van der Waals surface area contributed by atoms with Crippen LogP contribution in [0.25, 0.3) is 0 Å². The first-order valence-electron chi connectivity index (χ1n) is 10.6. The molecule has 136 valence electrons. The summed E-state index contributed by atoms with van der Waals surface area (Å²) in [5, 5.41) is 4.47. The van der Waals surface area contributed by atoms with Crippen molar-refractivity contribution in [1.29, 1.82) is 0 Å². The normalized spacial score (nSPS) is 32.2. The molecule has 0 aliphatic heterocycles. The maximum Gasteiger partial charge on any atom is 0.240 e. The Morgan fingerprint density at radius 3 is 2.42 bits per heavy atom. The number of nitrogens with one attached hydrogen (secondary N) is 1. The number of fused-ring (bicyclic) bond motifs is 1. The second kappa shape index (κ2) is 9.01. The van der Waals surface area contributed by atoms with Gasteiger partial charge in [-0.2, -0.15) is 5.10 Å². The fraction of sp³-hybridized carbons (Fsp3) is 0.905. The number of carbonyl (C=O) groups is 1. The van der Waals surface area contributed by atoms with E-state index < -0.39 is 0 Å². The van der Waals surface area contributed by atoms with E-state index in [1.807, 2.05) is 0 Å². The van der Waals surface area contributed by atoms with E-state index in [-0.39, 0.29) is 5.91 Å². The molecule has 0 aromatic heterocycles. The van der Waals surface area contributed by atoms with Crippen molar-refractivity contribution in [2.75, 3.05) is 0 Å². The minimum Gasteiger partial charge on any atom is -0.273 e. The molecule has 3 aliphatic rings. The van der Waals surface area contributed by atoms with Crippen LogP contribution >= 0.6 is 0 Å². The molecule has 24 heavy (non-hydrogen) atoms. The molecule has 1 amide bonds. The van der Waals surface area contributed by atoms with Gasteiger partial charge in [0.1, 0.15) is 0 Å². The summed E-state index contributed by atoms with van der Waals surface area (Å²) < 4.78 is 0. The number of carbonyl (C=O) groups excluding carboxylic acids is 1. The topological polar surface area (TPSA) is 41.5 Å². The minimum atomic E-state index is 0.117. The summed E-state index contributed by atoms with van der Waals surface area (Å²) in [6, 6.07) is 0. The van der Waals surface area contributed by atoms with Gasteiger partial charge in [-0.05, 0) is 56.3 Å². The monoisotopic (exact) mass is 332 g/mol. The summed E-state index contributed by atoms with van der Waals surface area (Å²) in [5.41, 5.74) is 4.00. The lowest BCUT2D eigenvalue weighted by Gasteiger charge is -2.39. The largest absolute Gasteiger partial charge is 0.273 e. The van der Waals surface area contributed by atoms with E-state index >= 15 is 0 Å². The van der Waals surface area contributed by atoms with Crippen molar-refractivity contribution in [2.24, 2.45) is 28.8 Å². The van der Waals surface area contributed by atoms with Crippen LogP contribution in [-0.4, -0.2) is 11.6 Å². The van der Waals surface area contributed by atoms with Crippen molar-refractivity contribution in [2.45, 2.75) is 96.8 Å². The highest BCUT2D eigenvalue weighted by Gasteiger charge is 2.33. The predicted molar refractivity (Wildman–Crippen MR) is 99.8 cm³/mol. The van der Waals surface area contributed by atoms with Crippen LogP contribution in [0.4, 0.5) is 0 Å². The zero-order valence-electron chi connectivity index (χ0n) is 15.6. The third-order valence-electron chi connectivity index (χ3n) is 6.99. The molecular weight excluding hydrogens is 296 g/mol. The number of hydrazone groups is 1. The third kappa shape index (κ3) is 5.07. The van der Waals surface area contributed by atoms with Crippen molar-refractivity contribution in [3.63, 3.8) is 0 Å². The Morgan fingerprint density at radius 1 is 0.917 bits per heavy atom. The lowest BCUT2D eigenvalue weighted by Crippen LogP contribution is -2.31. The molecule has 0 bridgehead atoms. The Morgan fingerprint density at radius 2 is 1.62 bits per heavy atom. The van der Waals surface area contributed by atoms with Crippen LogP contribution < -0.4 is 5.43 Å². The second-order valence-electron chi connectivity index (χ2n) is 8.65. The zero-order valence-corrected chi connectivity index (χ0v) is 15.6. The van der Waals surface area contributed by atoms with Crippen molar-refractivity contribution in [3.8, 4) is 0 Å². The smallest absolute Gasteiger partial charge is 0.240 e. The number of amides is 1. The maximum atomic E-state index is 12.1. The van der Waals surface area contributed by atoms with E-state index in [1.165, 1.54) is 77.0 Å². The summed E-state index contributed by atoms with van der Waals surface area (Å²) in [6.07, 6.45) is 18.1. The number of hydrogen-bond donors (Lipinski definition) is 1. The van der Waals surface area contributed by atoms with Gasteiger partial charge in [0.15, 0.2) is 0 Å². The molecule has 0 heterocycles. The lowest BCUT2D eigenvalue weighted by molar-refractivity contribution is -0.121. The molecule has 0 spiro atoms. The number of nitrogens with zero attached hydrogens (tertiary/aromatic N) is 1. The van der Waals surface area contributed by atoms with Gasteiger partial charge in [-0.25, -0.2) is 5.43 Å². The standard InChI is InChI=1S/C21H36N2O/c1-16(19-13-12-18-9-5-6-10-20(18)15-19)22-23-21(24)14-11-17-7-3-2-4-8-17/h17-20H,2-15H2,1H3,(H,23,24)/b22-16+. The third-order valence-corrected chi connectivity index (χ3v) is 6.99.